The maximum absolute atomic E-state index is 13.4. The summed E-state index contributed by atoms with van der Waals surface area (Å²) in [6.45, 7) is 2.71. The van der Waals surface area contributed by atoms with Crippen molar-refractivity contribution in [3.63, 3.8) is 0 Å². The summed E-state index contributed by atoms with van der Waals surface area (Å²) in [4.78, 5) is 15.2. The molecule has 2 aliphatic heterocycles. The molecule has 2 saturated heterocycles. The number of nitrogens with zero attached hydrogens (tertiary/aromatic N) is 2. The van der Waals surface area contributed by atoms with Crippen LogP contribution in [0.15, 0.2) is 28.7 Å². The summed E-state index contributed by atoms with van der Waals surface area (Å²) < 4.78 is 31.3. The van der Waals surface area contributed by atoms with Crippen molar-refractivity contribution >= 4 is 31.9 Å². The first-order valence-electron chi connectivity index (χ1n) is 8.41. The third-order valence-corrected chi connectivity index (χ3v) is 6.98. The molecule has 0 atom stereocenters. The lowest BCUT2D eigenvalue weighted by Crippen LogP contribution is -2.56. The minimum absolute atomic E-state index is 0.0891. The summed E-state index contributed by atoms with van der Waals surface area (Å²) in [5.74, 6) is 0.0891. The van der Waals surface area contributed by atoms with Crippen LogP contribution < -0.4 is 0 Å². The molecule has 25 heavy (non-hydrogen) atoms. The van der Waals surface area contributed by atoms with Crippen LogP contribution >= 0.6 is 15.9 Å². The topological polar surface area (TPSA) is 66.9 Å². The van der Waals surface area contributed by atoms with Crippen molar-refractivity contribution in [2.45, 2.75) is 18.3 Å². The van der Waals surface area contributed by atoms with Crippen LogP contribution in [0.1, 0.15) is 18.4 Å². The molecule has 0 bridgehead atoms. The summed E-state index contributed by atoms with van der Waals surface area (Å²) in [7, 11) is -3.20. The molecule has 0 saturated carbocycles. The highest BCUT2D eigenvalue weighted by molar-refractivity contribution is 9.10. The zero-order chi connectivity index (χ0) is 18.1. The lowest BCUT2D eigenvalue weighted by molar-refractivity contribution is -0.142. The molecule has 1 amide bonds. The van der Waals surface area contributed by atoms with Crippen molar-refractivity contribution in [1.29, 1.82) is 0 Å². The minimum Gasteiger partial charge on any atom is -0.381 e. The highest BCUT2D eigenvalue weighted by atomic mass is 79.9. The average molecular weight is 431 g/mol. The smallest absolute Gasteiger partial charge is 0.233 e. The summed E-state index contributed by atoms with van der Waals surface area (Å²) in [6.07, 6.45) is 2.52. The Balaban J connectivity index is 1.82. The van der Waals surface area contributed by atoms with Gasteiger partial charge in [0.05, 0.1) is 11.7 Å². The van der Waals surface area contributed by atoms with E-state index in [2.05, 4.69) is 15.9 Å². The molecule has 0 aromatic heterocycles. The number of hydrogen-bond donors (Lipinski definition) is 0. The Hall–Kier alpha value is -0.960. The maximum Gasteiger partial charge on any atom is 0.233 e. The first-order valence-corrected chi connectivity index (χ1v) is 11.1. The largest absolute Gasteiger partial charge is 0.381 e. The first kappa shape index (κ1) is 18.8. The number of carbonyl (C=O) groups excluding carboxylic acids is 1. The van der Waals surface area contributed by atoms with E-state index in [0.717, 1.165) is 10.0 Å². The molecule has 2 aliphatic rings. The number of sulfonamides is 1. The quantitative estimate of drug-likeness (QED) is 0.730. The van der Waals surface area contributed by atoms with E-state index in [-0.39, 0.29) is 5.91 Å². The number of rotatable bonds is 3. The molecule has 8 heteroatoms. The average Bonchev–Trinajstić information content (AvgIpc) is 2.61. The van der Waals surface area contributed by atoms with E-state index in [0.29, 0.717) is 52.2 Å². The highest BCUT2D eigenvalue weighted by Crippen LogP contribution is 2.37. The Kier molecular flexibility index (Phi) is 5.53. The molecule has 0 unspecified atom stereocenters. The van der Waals surface area contributed by atoms with Crippen molar-refractivity contribution in [2.75, 3.05) is 45.6 Å². The summed E-state index contributed by atoms with van der Waals surface area (Å²) in [5, 5.41) is 0. The summed E-state index contributed by atoms with van der Waals surface area (Å²) >= 11 is 3.44. The van der Waals surface area contributed by atoms with Crippen molar-refractivity contribution in [3.8, 4) is 0 Å². The third kappa shape index (κ3) is 3.92. The van der Waals surface area contributed by atoms with Gasteiger partial charge in [0.2, 0.25) is 15.9 Å². The number of piperazine rings is 1. The van der Waals surface area contributed by atoms with Crippen LogP contribution in [0.25, 0.3) is 0 Å². The van der Waals surface area contributed by atoms with E-state index in [1.807, 2.05) is 29.2 Å². The van der Waals surface area contributed by atoms with E-state index in [4.69, 9.17) is 4.74 Å². The molecule has 1 aromatic carbocycles. The molecule has 1 aromatic rings. The first-order chi connectivity index (χ1) is 11.8. The fraction of sp³-hybridized carbons (Fsp3) is 0.588. The van der Waals surface area contributed by atoms with Gasteiger partial charge in [0.25, 0.3) is 0 Å². The number of amides is 1. The van der Waals surface area contributed by atoms with Gasteiger partial charge in [0, 0.05) is 43.9 Å². The van der Waals surface area contributed by atoms with Gasteiger partial charge in [-0.05, 0) is 30.5 Å². The predicted octanol–water partition coefficient (Wildman–Crippen LogP) is 1.60. The molecule has 2 fully saturated rings. The van der Waals surface area contributed by atoms with Gasteiger partial charge in [0.15, 0.2) is 0 Å². The molecular weight excluding hydrogens is 408 g/mol. The lowest BCUT2D eigenvalue weighted by atomic mass is 9.73. The standard InChI is InChI=1S/C17H23BrN2O4S/c1-25(22,23)20-10-8-19(9-11-20)16(21)17(6-12-24-13-7-17)14-2-4-15(18)5-3-14/h2-5H,6-13H2,1H3. The van der Waals surface area contributed by atoms with Crippen LogP contribution in [0.3, 0.4) is 0 Å². The molecule has 0 N–H and O–H groups in total. The number of halogens is 1. The van der Waals surface area contributed by atoms with Gasteiger partial charge in [-0.15, -0.1) is 0 Å². The van der Waals surface area contributed by atoms with Gasteiger partial charge in [-0.1, -0.05) is 28.1 Å². The molecule has 3 rings (SSSR count). The van der Waals surface area contributed by atoms with E-state index < -0.39 is 15.4 Å². The Morgan fingerprint density at radius 2 is 1.64 bits per heavy atom. The highest BCUT2D eigenvalue weighted by Gasteiger charge is 2.44. The summed E-state index contributed by atoms with van der Waals surface area (Å²) in [5.41, 5.74) is 0.432. The monoisotopic (exact) mass is 430 g/mol. The fourth-order valence-electron chi connectivity index (χ4n) is 3.64. The Bertz CT molecular complexity index is 722. The SMILES string of the molecule is CS(=O)(=O)N1CCN(C(=O)C2(c3ccc(Br)cc3)CCOCC2)CC1. The number of hydrogen-bond acceptors (Lipinski definition) is 4. The van der Waals surface area contributed by atoms with Gasteiger partial charge in [-0.25, -0.2) is 8.42 Å². The van der Waals surface area contributed by atoms with Crippen molar-refractivity contribution in [2.24, 2.45) is 0 Å². The Labute approximate surface area is 157 Å². The minimum atomic E-state index is -3.20. The molecule has 0 radical (unpaired) electrons. The van der Waals surface area contributed by atoms with Gasteiger partial charge in [0.1, 0.15) is 0 Å². The van der Waals surface area contributed by atoms with Crippen molar-refractivity contribution < 1.29 is 17.9 Å². The van der Waals surface area contributed by atoms with Gasteiger partial charge >= 0.3 is 0 Å². The van der Waals surface area contributed by atoms with Crippen LogP contribution in [-0.2, 0) is 25.0 Å². The van der Waals surface area contributed by atoms with Gasteiger partial charge < -0.3 is 9.64 Å². The predicted molar refractivity (Wildman–Crippen MR) is 98.9 cm³/mol. The lowest BCUT2D eigenvalue weighted by Gasteiger charge is -2.42. The van der Waals surface area contributed by atoms with E-state index in [1.165, 1.54) is 10.6 Å². The molecule has 138 valence electrons. The second-order valence-electron chi connectivity index (χ2n) is 6.66. The van der Waals surface area contributed by atoms with Crippen LogP contribution in [0, 0.1) is 0 Å². The molecular formula is C17H23BrN2O4S. The Morgan fingerprint density at radius 1 is 1.08 bits per heavy atom. The van der Waals surface area contributed by atoms with Gasteiger partial charge in [-0.2, -0.15) is 4.31 Å². The number of carbonyl (C=O) groups is 1. The van der Waals surface area contributed by atoms with Gasteiger partial charge in [-0.3, -0.25) is 4.79 Å². The third-order valence-electron chi connectivity index (χ3n) is 5.15. The molecule has 0 spiro atoms. The van der Waals surface area contributed by atoms with Crippen LogP contribution in [-0.4, -0.2) is 69.2 Å². The van der Waals surface area contributed by atoms with Crippen molar-refractivity contribution in [1.82, 2.24) is 9.21 Å². The second-order valence-corrected chi connectivity index (χ2v) is 9.55. The number of benzene rings is 1. The maximum atomic E-state index is 13.4. The molecule has 6 nitrogen and oxygen atoms in total. The van der Waals surface area contributed by atoms with Crippen LogP contribution in [0.2, 0.25) is 0 Å². The molecule has 2 heterocycles. The zero-order valence-electron chi connectivity index (χ0n) is 14.3. The Morgan fingerprint density at radius 3 is 2.16 bits per heavy atom. The second kappa shape index (κ2) is 7.34. The zero-order valence-corrected chi connectivity index (χ0v) is 16.7. The van der Waals surface area contributed by atoms with Crippen molar-refractivity contribution in [3.05, 3.63) is 34.3 Å². The van der Waals surface area contributed by atoms with Crippen LogP contribution in [0.4, 0.5) is 0 Å². The van der Waals surface area contributed by atoms with E-state index in [1.54, 1.807) is 0 Å². The normalized spacial score (nSPS) is 21.9. The van der Waals surface area contributed by atoms with E-state index >= 15 is 0 Å². The molecule has 0 aliphatic carbocycles. The number of ether oxygens (including phenoxy) is 1. The van der Waals surface area contributed by atoms with E-state index in [9.17, 15) is 13.2 Å². The van der Waals surface area contributed by atoms with Crippen LogP contribution in [0.5, 0.6) is 0 Å². The fourth-order valence-corrected chi connectivity index (χ4v) is 4.73. The summed E-state index contributed by atoms with van der Waals surface area (Å²) in [6, 6.07) is 7.92.